The van der Waals surface area contributed by atoms with Gasteiger partial charge in [0.15, 0.2) is 5.78 Å². The van der Waals surface area contributed by atoms with Crippen LogP contribution in [0.25, 0.3) is 6.08 Å². The third-order valence-corrected chi connectivity index (χ3v) is 5.23. The van der Waals surface area contributed by atoms with E-state index in [2.05, 4.69) is 0 Å². The lowest BCUT2D eigenvalue weighted by molar-refractivity contribution is 0.00671. The molecule has 0 aliphatic rings. The lowest BCUT2D eigenvalue weighted by Crippen LogP contribution is -2.25. The highest BCUT2D eigenvalue weighted by Crippen LogP contribution is 2.33. The molecule has 3 rings (SSSR count). The van der Waals surface area contributed by atoms with E-state index in [9.17, 15) is 9.59 Å². The molecule has 3 aromatic carbocycles. The second-order valence-corrected chi connectivity index (χ2v) is 9.92. The van der Waals surface area contributed by atoms with Crippen molar-refractivity contribution in [3.8, 4) is 17.2 Å². The summed E-state index contributed by atoms with van der Waals surface area (Å²) in [6, 6.07) is 18.3. The summed E-state index contributed by atoms with van der Waals surface area (Å²) in [5.74, 6) is 1.40. The molecule has 0 saturated carbocycles. The van der Waals surface area contributed by atoms with Crippen molar-refractivity contribution in [1.82, 2.24) is 0 Å². The zero-order chi connectivity index (χ0) is 26.5. The van der Waals surface area contributed by atoms with Gasteiger partial charge in [-0.15, -0.1) is 0 Å². The summed E-state index contributed by atoms with van der Waals surface area (Å²) >= 11 is 0. The molecule has 5 heteroatoms. The molecule has 188 valence electrons. The van der Waals surface area contributed by atoms with E-state index in [1.807, 2.05) is 84.9 Å². The fourth-order valence-electron chi connectivity index (χ4n) is 3.73. The summed E-state index contributed by atoms with van der Waals surface area (Å²) in [5.41, 5.74) is 2.58. The Morgan fingerprint density at radius 3 is 2.08 bits per heavy atom. The minimum absolute atomic E-state index is 0.113. The number of hydrogen-bond acceptors (Lipinski definition) is 5. The van der Waals surface area contributed by atoms with Gasteiger partial charge in [-0.05, 0) is 109 Å². The standard InChI is InChI=1S/C31H34O5/c1-20(2)34-29-22(4)28(30(33)36-31(5,6)7)21(3)19-24(29)15-18-27(32)23-13-16-26(17-14-23)35-25-11-9-8-10-12-25/h8-20H,1-7H3. The second kappa shape index (κ2) is 11.3. The van der Waals surface area contributed by atoms with Crippen molar-refractivity contribution >= 4 is 17.8 Å². The molecule has 0 aliphatic carbocycles. The van der Waals surface area contributed by atoms with Crippen molar-refractivity contribution in [2.24, 2.45) is 0 Å². The van der Waals surface area contributed by atoms with Crippen molar-refractivity contribution in [3.05, 3.63) is 94.6 Å². The predicted octanol–water partition coefficient (Wildman–Crippen LogP) is 7.73. The summed E-state index contributed by atoms with van der Waals surface area (Å²) in [4.78, 5) is 25.8. The lowest BCUT2D eigenvalue weighted by Gasteiger charge is -2.23. The average Bonchev–Trinajstić information content (AvgIpc) is 2.79. The Morgan fingerprint density at radius 2 is 1.50 bits per heavy atom. The normalized spacial score (nSPS) is 11.6. The SMILES string of the molecule is Cc1cc(C=CC(=O)c2ccc(Oc3ccccc3)cc2)c(OC(C)C)c(C)c1C(=O)OC(C)(C)C. The van der Waals surface area contributed by atoms with Gasteiger partial charge in [0.05, 0.1) is 11.7 Å². The molecule has 0 fully saturated rings. The van der Waals surface area contributed by atoms with Crippen LogP contribution in [0.5, 0.6) is 17.2 Å². The molecule has 0 amide bonds. The van der Waals surface area contributed by atoms with Crippen molar-refractivity contribution < 1.29 is 23.8 Å². The number of esters is 1. The topological polar surface area (TPSA) is 61.8 Å². The molecule has 5 nitrogen and oxygen atoms in total. The lowest BCUT2D eigenvalue weighted by atomic mass is 9.96. The highest BCUT2D eigenvalue weighted by molar-refractivity contribution is 6.07. The Kier molecular flexibility index (Phi) is 8.36. The Balaban J connectivity index is 1.86. The molecular weight excluding hydrogens is 452 g/mol. The van der Waals surface area contributed by atoms with Crippen LogP contribution < -0.4 is 9.47 Å². The van der Waals surface area contributed by atoms with E-state index in [0.29, 0.717) is 28.2 Å². The van der Waals surface area contributed by atoms with Gasteiger partial charge in [-0.1, -0.05) is 18.2 Å². The van der Waals surface area contributed by atoms with Gasteiger partial charge in [0.2, 0.25) is 0 Å². The summed E-state index contributed by atoms with van der Waals surface area (Å²) in [6.45, 7) is 13.1. The van der Waals surface area contributed by atoms with Crippen LogP contribution in [0.2, 0.25) is 0 Å². The van der Waals surface area contributed by atoms with Crippen LogP contribution in [0, 0.1) is 13.8 Å². The van der Waals surface area contributed by atoms with Gasteiger partial charge in [0.1, 0.15) is 22.8 Å². The summed E-state index contributed by atoms with van der Waals surface area (Å²) in [5, 5.41) is 0. The van der Waals surface area contributed by atoms with Crippen LogP contribution in [-0.4, -0.2) is 23.5 Å². The number of ketones is 1. The number of carbonyl (C=O) groups excluding carboxylic acids is 2. The van der Waals surface area contributed by atoms with Crippen molar-refractivity contribution in [2.45, 2.75) is 60.2 Å². The van der Waals surface area contributed by atoms with Crippen LogP contribution in [-0.2, 0) is 4.74 Å². The third-order valence-electron chi connectivity index (χ3n) is 5.23. The van der Waals surface area contributed by atoms with Gasteiger partial charge in [-0.25, -0.2) is 4.79 Å². The Hall–Kier alpha value is -3.86. The van der Waals surface area contributed by atoms with Crippen molar-refractivity contribution in [2.75, 3.05) is 0 Å². The molecule has 0 atom stereocenters. The van der Waals surface area contributed by atoms with Crippen molar-refractivity contribution in [3.63, 3.8) is 0 Å². The van der Waals surface area contributed by atoms with Gasteiger partial charge in [0.25, 0.3) is 0 Å². The molecule has 0 saturated heterocycles. The number of hydrogen-bond donors (Lipinski definition) is 0. The number of benzene rings is 3. The van der Waals surface area contributed by atoms with Crippen molar-refractivity contribution in [1.29, 1.82) is 0 Å². The molecule has 0 unspecified atom stereocenters. The first-order chi connectivity index (χ1) is 16.9. The van der Waals surface area contributed by atoms with Crippen LogP contribution in [0.3, 0.4) is 0 Å². The van der Waals surface area contributed by atoms with E-state index < -0.39 is 11.6 Å². The number of allylic oxidation sites excluding steroid dienone is 1. The van der Waals surface area contributed by atoms with Gasteiger partial charge in [-0.2, -0.15) is 0 Å². The highest BCUT2D eigenvalue weighted by Gasteiger charge is 2.24. The van der Waals surface area contributed by atoms with Gasteiger partial charge < -0.3 is 14.2 Å². The largest absolute Gasteiger partial charge is 0.490 e. The number of rotatable bonds is 8. The molecule has 0 aromatic heterocycles. The molecule has 0 bridgehead atoms. The Morgan fingerprint density at radius 1 is 0.889 bits per heavy atom. The van der Waals surface area contributed by atoms with Gasteiger partial charge >= 0.3 is 5.97 Å². The maximum absolute atomic E-state index is 12.9. The maximum atomic E-state index is 12.9. The molecule has 0 spiro atoms. The van der Waals surface area contributed by atoms with Crippen LogP contribution in [0.15, 0.2) is 66.7 Å². The Labute approximate surface area is 213 Å². The van der Waals surface area contributed by atoms with E-state index in [-0.39, 0.29) is 11.9 Å². The maximum Gasteiger partial charge on any atom is 0.339 e. The van der Waals surface area contributed by atoms with Crippen LogP contribution >= 0.6 is 0 Å². The first-order valence-electron chi connectivity index (χ1n) is 12.0. The van der Waals surface area contributed by atoms with Crippen LogP contribution in [0.1, 0.15) is 72.0 Å². The average molecular weight is 487 g/mol. The van der Waals surface area contributed by atoms with Gasteiger partial charge in [-0.3, -0.25) is 4.79 Å². The van der Waals surface area contributed by atoms with E-state index >= 15 is 0 Å². The minimum atomic E-state index is -0.609. The van der Waals surface area contributed by atoms with E-state index in [4.69, 9.17) is 14.2 Å². The first kappa shape index (κ1) is 26.7. The molecule has 0 radical (unpaired) electrons. The summed E-state index contributed by atoms with van der Waals surface area (Å²) in [6.07, 6.45) is 3.13. The number of carbonyl (C=O) groups is 2. The molecular formula is C31H34O5. The zero-order valence-electron chi connectivity index (χ0n) is 22.0. The molecule has 3 aromatic rings. The molecule has 0 heterocycles. The van der Waals surface area contributed by atoms with Crippen LogP contribution in [0.4, 0.5) is 0 Å². The highest BCUT2D eigenvalue weighted by atomic mass is 16.6. The number of para-hydroxylation sites is 1. The summed E-state index contributed by atoms with van der Waals surface area (Å²) in [7, 11) is 0. The first-order valence-corrected chi connectivity index (χ1v) is 12.0. The quantitative estimate of drug-likeness (QED) is 0.185. The molecule has 0 N–H and O–H groups in total. The summed E-state index contributed by atoms with van der Waals surface area (Å²) < 4.78 is 17.5. The number of ether oxygens (including phenoxy) is 3. The predicted molar refractivity (Wildman–Crippen MR) is 143 cm³/mol. The third kappa shape index (κ3) is 7.08. The van der Waals surface area contributed by atoms with E-state index in [1.165, 1.54) is 6.08 Å². The second-order valence-electron chi connectivity index (χ2n) is 9.92. The van der Waals surface area contributed by atoms with Gasteiger partial charge in [0, 0.05) is 16.7 Å². The molecule has 36 heavy (non-hydrogen) atoms. The fraction of sp³-hybridized carbons (Fsp3) is 0.290. The monoisotopic (exact) mass is 486 g/mol. The van der Waals surface area contributed by atoms with E-state index in [1.54, 1.807) is 30.3 Å². The fourth-order valence-corrected chi connectivity index (χ4v) is 3.73. The minimum Gasteiger partial charge on any atom is -0.490 e. The molecule has 0 aliphatic heterocycles. The Bertz CT molecular complexity index is 1250. The van der Waals surface area contributed by atoms with E-state index in [0.717, 1.165) is 16.9 Å². The zero-order valence-corrected chi connectivity index (χ0v) is 22.0. The smallest absolute Gasteiger partial charge is 0.339 e. The number of aryl methyl sites for hydroxylation is 1.